The summed E-state index contributed by atoms with van der Waals surface area (Å²) >= 11 is 0. The lowest BCUT2D eigenvalue weighted by atomic mass is 9.81. The van der Waals surface area contributed by atoms with E-state index in [4.69, 9.17) is 19.9 Å². The van der Waals surface area contributed by atoms with Crippen molar-refractivity contribution in [3.05, 3.63) is 144 Å². The van der Waals surface area contributed by atoms with Crippen molar-refractivity contribution in [1.82, 2.24) is 19.9 Å². The van der Waals surface area contributed by atoms with Gasteiger partial charge >= 0.3 is 0 Å². The largest absolute Gasteiger partial charge is 0.319 e. The molecule has 0 fully saturated rings. The Kier molecular flexibility index (Phi) is 8.89. The fraction of sp³-hybridized carbons (Fsp3) is 0.152. The van der Waals surface area contributed by atoms with Crippen molar-refractivity contribution >= 4 is 24.9 Å². The Hall–Kier alpha value is -5.79. The van der Waals surface area contributed by atoms with Crippen LogP contribution < -0.4 is 10.6 Å². The predicted octanol–water partition coefficient (Wildman–Crippen LogP) is 10.3. The molecular formula is C46H39N5O2P2. The second-order valence-electron chi connectivity index (χ2n) is 15.4. The third-order valence-electron chi connectivity index (χ3n) is 10.4. The smallest absolute Gasteiger partial charge is 0.164 e. The molecule has 55 heavy (non-hydrogen) atoms. The average molecular weight is 756 g/mol. The first-order chi connectivity index (χ1) is 26.2. The van der Waals surface area contributed by atoms with E-state index in [9.17, 15) is 14.4 Å². The van der Waals surface area contributed by atoms with Crippen LogP contribution in [0.5, 0.6) is 0 Å². The van der Waals surface area contributed by atoms with Gasteiger partial charge in [-0.3, -0.25) is 4.98 Å². The summed E-state index contributed by atoms with van der Waals surface area (Å²) in [4.78, 5) is 19.8. The summed E-state index contributed by atoms with van der Waals surface area (Å²) in [7, 11) is -4.92. The summed E-state index contributed by atoms with van der Waals surface area (Å²) in [5.41, 5.74) is 11.1. The predicted molar refractivity (Wildman–Crippen MR) is 225 cm³/mol. The first kappa shape index (κ1) is 36.2. The molecule has 0 radical (unpaired) electrons. The molecule has 2 heterocycles. The van der Waals surface area contributed by atoms with Gasteiger partial charge < -0.3 is 9.13 Å². The summed E-state index contributed by atoms with van der Waals surface area (Å²) in [6.07, 6.45) is 1.79. The van der Waals surface area contributed by atoms with Gasteiger partial charge in [0, 0.05) is 44.5 Å². The van der Waals surface area contributed by atoms with Gasteiger partial charge in [-0.25, -0.2) is 15.0 Å². The maximum absolute atomic E-state index is 12.8. The van der Waals surface area contributed by atoms with Crippen molar-refractivity contribution in [3.8, 4) is 73.7 Å². The van der Waals surface area contributed by atoms with Crippen LogP contribution in [0.15, 0.2) is 128 Å². The molecule has 7 aromatic rings. The maximum Gasteiger partial charge on any atom is 0.164 e. The van der Waals surface area contributed by atoms with Gasteiger partial charge in [-0.2, -0.15) is 5.26 Å². The summed E-state index contributed by atoms with van der Waals surface area (Å²) in [6, 6.07) is 42.2. The first-order valence-electron chi connectivity index (χ1n) is 18.0. The van der Waals surface area contributed by atoms with E-state index in [1.54, 1.807) is 32.9 Å². The fourth-order valence-corrected chi connectivity index (χ4v) is 9.03. The Morgan fingerprint density at radius 1 is 0.527 bits per heavy atom. The van der Waals surface area contributed by atoms with Gasteiger partial charge in [0.1, 0.15) is 14.3 Å². The molecule has 0 bridgehead atoms. The minimum absolute atomic E-state index is 0.301. The van der Waals surface area contributed by atoms with E-state index in [-0.39, 0.29) is 5.41 Å². The monoisotopic (exact) mass is 755 g/mol. The van der Waals surface area contributed by atoms with Crippen LogP contribution in [0.1, 0.15) is 30.5 Å². The van der Waals surface area contributed by atoms with E-state index in [2.05, 4.69) is 62.4 Å². The van der Waals surface area contributed by atoms with Gasteiger partial charge in [0.05, 0.1) is 17.3 Å². The number of fused-ring (bicyclic) bond motifs is 3. The fourth-order valence-electron chi connectivity index (χ4n) is 7.29. The normalized spacial score (nSPS) is 13.2. The molecule has 8 rings (SSSR count). The highest BCUT2D eigenvalue weighted by Gasteiger charge is 2.36. The molecule has 0 N–H and O–H groups in total. The van der Waals surface area contributed by atoms with Gasteiger partial charge in [0.25, 0.3) is 0 Å². The Labute approximate surface area is 322 Å². The van der Waals surface area contributed by atoms with Crippen LogP contribution in [-0.4, -0.2) is 46.6 Å². The minimum atomic E-state index is -2.46. The van der Waals surface area contributed by atoms with Crippen molar-refractivity contribution in [2.45, 2.75) is 19.3 Å². The number of rotatable bonds is 7. The number of benzene rings is 5. The zero-order chi connectivity index (χ0) is 38.7. The van der Waals surface area contributed by atoms with Crippen LogP contribution in [0.25, 0.3) is 67.7 Å². The molecule has 0 atom stereocenters. The van der Waals surface area contributed by atoms with Crippen molar-refractivity contribution in [2.24, 2.45) is 0 Å². The molecule has 1 aliphatic carbocycles. The zero-order valence-electron chi connectivity index (χ0n) is 31.6. The molecule has 0 spiro atoms. The number of hydrogen-bond donors (Lipinski definition) is 0. The molecule has 7 nitrogen and oxygen atoms in total. The highest BCUT2D eigenvalue weighted by atomic mass is 31.2. The number of hydrogen-bond acceptors (Lipinski definition) is 7. The van der Waals surface area contributed by atoms with Gasteiger partial charge in [-0.1, -0.05) is 86.6 Å². The number of pyridine rings is 1. The topological polar surface area (TPSA) is 109 Å². The van der Waals surface area contributed by atoms with E-state index in [1.807, 2.05) is 78.9 Å². The molecule has 270 valence electrons. The van der Waals surface area contributed by atoms with E-state index < -0.39 is 14.3 Å². The summed E-state index contributed by atoms with van der Waals surface area (Å²) < 4.78 is 25.7. The van der Waals surface area contributed by atoms with Gasteiger partial charge in [-0.15, -0.1) is 0 Å². The lowest BCUT2D eigenvalue weighted by Gasteiger charge is -2.22. The number of nitriles is 1. The van der Waals surface area contributed by atoms with Crippen molar-refractivity contribution in [1.29, 1.82) is 5.26 Å². The summed E-state index contributed by atoms with van der Waals surface area (Å²) in [6.45, 7) is 11.5. The molecule has 1 aliphatic rings. The first-order valence-corrected chi connectivity index (χ1v) is 23.2. The van der Waals surface area contributed by atoms with Gasteiger partial charge in [0.15, 0.2) is 17.5 Å². The molecule has 0 saturated carbocycles. The van der Waals surface area contributed by atoms with Crippen LogP contribution in [-0.2, 0) is 14.5 Å². The zero-order valence-corrected chi connectivity index (χ0v) is 33.4. The van der Waals surface area contributed by atoms with Crippen LogP contribution >= 0.6 is 14.3 Å². The minimum Gasteiger partial charge on any atom is -0.319 e. The second kappa shape index (κ2) is 13.5. The lowest BCUT2D eigenvalue weighted by molar-refractivity contribution is 0.587. The molecule has 0 unspecified atom stereocenters. The third kappa shape index (κ3) is 6.89. The van der Waals surface area contributed by atoms with Gasteiger partial charge in [-0.05, 0) is 109 Å². The average Bonchev–Trinajstić information content (AvgIpc) is 3.42. The maximum atomic E-state index is 12.8. The molecule has 9 heteroatoms. The van der Waals surface area contributed by atoms with E-state index in [0.29, 0.717) is 23.0 Å². The molecule has 0 aliphatic heterocycles. The van der Waals surface area contributed by atoms with Crippen LogP contribution in [0.2, 0.25) is 0 Å². The van der Waals surface area contributed by atoms with Crippen molar-refractivity contribution in [3.63, 3.8) is 0 Å². The second-order valence-corrected chi connectivity index (χ2v) is 21.8. The SMILES string of the molecule is CC1(C)c2cc(C#N)ccc2-c2ccc(-c3cc(-c4ccccn4)cc(-c4nc(-c5ccc(P(C)(C)=O)cc5)nc(-c5ccc(P(C)(C)=O)cc5)n4)c3)cc21. The standard InChI is InChI=1S/C46H39N5O2P2/c1-46(2)40-23-29(28-47)10-20-38(40)39-21-15-32(27-41(39)46)33-24-34(42-9-7-8-22-48-42)26-35(25-33)45-50-43(30-11-16-36(17-12-30)54(3,4)52)49-44(51-45)31-13-18-37(19-14-31)55(5,6)53/h7-27H,1-6H3. The van der Waals surface area contributed by atoms with Crippen molar-refractivity contribution in [2.75, 3.05) is 26.7 Å². The third-order valence-corrected chi connectivity index (χ3v) is 13.5. The van der Waals surface area contributed by atoms with E-state index in [0.717, 1.165) is 60.8 Å². The Balaban J connectivity index is 1.31. The summed E-state index contributed by atoms with van der Waals surface area (Å²) in [5.74, 6) is 1.44. The Bertz CT molecular complexity index is 2700. The molecule has 2 aromatic heterocycles. The lowest BCUT2D eigenvalue weighted by Crippen LogP contribution is -2.15. The van der Waals surface area contributed by atoms with E-state index >= 15 is 0 Å². The molecule has 0 amide bonds. The van der Waals surface area contributed by atoms with Crippen LogP contribution in [0.4, 0.5) is 0 Å². The van der Waals surface area contributed by atoms with Gasteiger partial charge in [0.2, 0.25) is 0 Å². The highest BCUT2D eigenvalue weighted by Crippen LogP contribution is 2.50. The quantitative estimate of drug-likeness (QED) is 0.149. The van der Waals surface area contributed by atoms with E-state index in [1.165, 1.54) is 11.1 Å². The molecule has 0 saturated heterocycles. The molecular weight excluding hydrogens is 716 g/mol. The Morgan fingerprint density at radius 3 is 1.55 bits per heavy atom. The van der Waals surface area contributed by atoms with Crippen LogP contribution in [0.3, 0.4) is 0 Å². The van der Waals surface area contributed by atoms with Crippen LogP contribution in [0, 0.1) is 11.3 Å². The van der Waals surface area contributed by atoms with Crippen molar-refractivity contribution < 1.29 is 9.13 Å². The number of aromatic nitrogens is 4. The number of nitrogens with zero attached hydrogens (tertiary/aromatic N) is 5. The summed E-state index contributed by atoms with van der Waals surface area (Å²) in [5, 5.41) is 11.2. The molecule has 5 aromatic carbocycles. The highest BCUT2D eigenvalue weighted by molar-refractivity contribution is 7.70. The Morgan fingerprint density at radius 2 is 1.02 bits per heavy atom.